The summed E-state index contributed by atoms with van der Waals surface area (Å²) in [6, 6.07) is 10.0. The summed E-state index contributed by atoms with van der Waals surface area (Å²) in [5.41, 5.74) is 4.00. The van der Waals surface area contributed by atoms with Gasteiger partial charge >= 0.3 is 0 Å². The molecule has 1 aliphatic heterocycles. The highest BCUT2D eigenvalue weighted by atomic mass is 16.3. The molecule has 1 saturated heterocycles. The quantitative estimate of drug-likeness (QED) is 0.910. The Labute approximate surface area is 149 Å². The first kappa shape index (κ1) is 17.7. The van der Waals surface area contributed by atoms with E-state index in [9.17, 15) is 9.90 Å². The van der Waals surface area contributed by atoms with Gasteiger partial charge in [-0.1, -0.05) is 12.1 Å². The van der Waals surface area contributed by atoms with Crippen LogP contribution in [0, 0.1) is 13.8 Å². The zero-order valence-electron chi connectivity index (χ0n) is 15.3. The molecule has 1 aliphatic rings. The van der Waals surface area contributed by atoms with E-state index in [1.165, 1.54) is 0 Å². The Kier molecular flexibility index (Phi) is 5.23. The lowest BCUT2D eigenvalue weighted by Gasteiger charge is -2.25. The summed E-state index contributed by atoms with van der Waals surface area (Å²) in [4.78, 5) is 14.7. The highest BCUT2D eigenvalue weighted by molar-refractivity contribution is 5.94. The predicted octanol–water partition coefficient (Wildman–Crippen LogP) is 2.92. The van der Waals surface area contributed by atoms with E-state index in [0.717, 1.165) is 41.9 Å². The molecule has 0 bridgehead atoms. The maximum Gasteiger partial charge on any atom is 0.254 e. The van der Waals surface area contributed by atoms with Crippen molar-refractivity contribution in [2.45, 2.75) is 58.7 Å². The molecule has 1 fully saturated rings. The topological polar surface area (TPSA) is 58.4 Å². The molecule has 1 N–H and O–H groups in total. The van der Waals surface area contributed by atoms with Crippen molar-refractivity contribution in [2.24, 2.45) is 0 Å². The fourth-order valence-corrected chi connectivity index (χ4v) is 3.67. The second kappa shape index (κ2) is 7.40. The number of aliphatic hydroxyl groups excluding tert-OH is 1. The van der Waals surface area contributed by atoms with Crippen LogP contribution in [0.2, 0.25) is 0 Å². The number of carbonyl (C=O) groups is 1. The van der Waals surface area contributed by atoms with Gasteiger partial charge in [0.15, 0.2) is 0 Å². The molecule has 0 saturated carbocycles. The summed E-state index contributed by atoms with van der Waals surface area (Å²) >= 11 is 0. The second-order valence-electron chi connectivity index (χ2n) is 7.16. The lowest BCUT2D eigenvalue weighted by Crippen LogP contribution is -2.37. The molecule has 134 valence electrons. The molecule has 3 rings (SSSR count). The lowest BCUT2D eigenvalue weighted by molar-refractivity contribution is 0.0682. The molecule has 2 atom stereocenters. The first-order valence-corrected chi connectivity index (χ1v) is 9.03. The summed E-state index contributed by atoms with van der Waals surface area (Å²) in [5, 5.41) is 14.1. The van der Waals surface area contributed by atoms with Gasteiger partial charge in [-0.15, -0.1) is 0 Å². The highest BCUT2D eigenvalue weighted by Crippen LogP contribution is 2.24. The molecule has 2 unspecified atom stereocenters. The van der Waals surface area contributed by atoms with Crippen LogP contribution in [0.1, 0.15) is 53.5 Å². The van der Waals surface area contributed by atoms with Crippen LogP contribution in [-0.2, 0) is 6.54 Å². The third-order valence-electron chi connectivity index (χ3n) is 4.89. The van der Waals surface area contributed by atoms with Crippen LogP contribution in [0.25, 0.3) is 0 Å². The zero-order chi connectivity index (χ0) is 18.0. The van der Waals surface area contributed by atoms with E-state index in [2.05, 4.69) is 11.2 Å². The SMILES string of the molecule is Cc1cc(C)n(Cc2ccc(C(=O)N3CCCC3CC(C)O)cc2)n1. The fourth-order valence-electron chi connectivity index (χ4n) is 3.67. The van der Waals surface area contributed by atoms with Crippen LogP contribution in [0.5, 0.6) is 0 Å². The second-order valence-corrected chi connectivity index (χ2v) is 7.16. The number of rotatable bonds is 5. The smallest absolute Gasteiger partial charge is 0.254 e. The number of carbonyl (C=O) groups excluding carboxylic acids is 1. The Hall–Kier alpha value is -2.14. The summed E-state index contributed by atoms with van der Waals surface area (Å²) in [7, 11) is 0. The Balaban J connectivity index is 1.69. The van der Waals surface area contributed by atoms with Gasteiger partial charge in [0.05, 0.1) is 18.3 Å². The van der Waals surface area contributed by atoms with E-state index >= 15 is 0 Å². The van der Waals surface area contributed by atoms with E-state index in [1.807, 2.05) is 47.7 Å². The summed E-state index contributed by atoms with van der Waals surface area (Å²) < 4.78 is 1.98. The molecule has 0 radical (unpaired) electrons. The van der Waals surface area contributed by atoms with E-state index in [1.54, 1.807) is 6.92 Å². The van der Waals surface area contributed by atoms with Gasteiger partial charge in [-0.3, -0.25) is 9.48 Å². The maximum absolute atomic E-state index is 12.8. The van der Waals surface area contributed by atoms with Crippen LogP contribution in [-0.4, -0.2) is 44.4 Å². The molecule has 1 amide bonds. The van der Waals surface area contributed by atoms with Crippen molar-refractivity contribution in [3.8, 4) is 0 Å². The van der Waals surface area contributed by atoms with Gasteiger partial charge in [0.25, 0.3) is 5.91 Å². The normalized spacial score (nSPS) is 18.6. The first-order chi connectivity index (χ1) is 11.9. The monoisotopic (exact) mass is 341 g/mol. The molecule has 0 aliphatic carbocycles. The van der Waals surface area contributed by atoms with E-state index in [-0.39, 0.29) is 18.1 Å². The van der Waals surface area contributed by atoms with E-state index in [4.69, 9.17) is 0 Å². The average Bonchev–Trinajstić information content (AvgIpc) is 3.13. The van der Waals surface area contributed by atoms with Gasteiger partial charge < -0.3 is 10.0 Å². The lowest BCUT2D eigenvalue weighted by atomic mass is 10.1. The van der Waals surface area contributed by atoms with Crippen LogP contribution in [0.15, 0.2) is 30.3 Å². The number of hydrogen-bond donors (Lipinski definition) is 1. The average molecular weight is 341 g/mol. The van der Waals surface area contributed by atoms with Crippen LogP contribution in [0.3, 0.4) is 0 Å². The van der Waals surface area contributed by atoms with E-state index < -0.39 is 0 Å². The number of benzene rings is 1. The minimum atomic E-state index is -0.374. The van der Waals surface area contributed by atoms with Crippen molar-refractivity contribution in [1.82, 2.24) is 14.7 Å². The third-order valence-corrected chi connectivity index (χ3v) is 4.89. The van der Waals surface area contributed by atoms with Crippen molar-refractivity contribution < 1.29 is 9.90 Å². The van der Waals surface area contributed by atoms with Crippen molar-refractivity contribution in [2.75, 3.05) is 6.54 Å². The number of hydrogen-bond acceptors (Lipinski definition) is 3. The molecule has 2 aromatic rings. The van der Waals surface area contributed by atoms with Crippen molar-refractivity contribution in [1.29, 1.82) is 0 Å². The number of likely N-dealkylation sites (tertiary alicyclic amines) is 1. The third kappa shape index (κ3) is 4.10. The maximum atomic E-state index is 12.8. The van der Waals surface area contributed by atoms with Gasteiger partial charge in [0.1, 0.15) is 0 Å². The minimum absolute atomic E-state index is 0.0702. The minimum Gasteiger partial charge on any atom is -0.393 e. The van der Waals surface area contributed by atoms with Crippen molar-refractivity contribution in [3.05, 3.63) is 52.8 Å². The highest BCUT2D eigenvalue weighted by Gasteiger charge is 2.30. The molecular weight excluding hydrogens is 314 g/mol. The largest absolute Gasteiger partial charge is 0.393 e. The fraction of sp³-hybridized carbons (Fsp3) is 0.500. The van der Waals surface area contributed by atoms with Gasteiger partial charge in [-0.2, -0.15) is 5.10 Å². The number of nitrogens with zero attached hydrogens (tertiary/aromatic N) is 3. The molecular formula is C20H27N3O2. The van der Waals surface area contributed by atoms with Crippen molar-refractivity contribution in [3.63, 3.8) is 0 Å². The number of aromatic nitrogens is 2. The predicted molar refractivity (Wildman–Crippen MR) is 97.6 cm³/mol. The number of aliphatic hydroxyl groups is 1. The molecule has 0 spiro atoms. The summed E-state index contributed by atoms with van der Waals surface area (Å²) in [5.74, 6) is 0.0702. The first-order valence-electron chi connectivity index (χ1n) is 9.03. The van der Waals surface area contributed by atoms with Crippen LogP contribution >= 0.6 is 0 Å². The van der Waals surface area contributed by atoms with Gasteiger partial charge in [-0.25, -0.2) is 0 Å². The van der Waals surface area contributed by atoms with Gasteiger partial charge in [0, 0.05) is 23.8 Å². The Morgan fingerprint density at radius 3 is 2.64 bits per heavy atom. The summed E-state index contributed by atoms with van der Waals surface area (Å²) in [6.45, 7) is 7.32. The standard InChI is InChI=1S/C20H27N3O2/c1-14-11-15(2)23(21-14)13-17-6-8-18(9-7-17)20(25)22-10-4-5-19(22)12-16(3)24/h6-9,11,16,19,24H,4-5,10,12-13H2,1-3H3. The number of amides is 1. The van der Waals surface area contributed by atoms with E-state index in [0.29, 0.717) is 13.0 Å². The Morgan fingerprint density at radius 2 is 2.04 bits per heavy atom. The Morgan fingerprint density at radius 1 is 1.32 bits per heavy atom. The van der Waals surface area contributed by atoms with Crippen LogP contribution < -0.4 is 0 Å². The molecule has 25 heavy (non-hydrogen) atoms. The zero-order valence-corrected chi connectivity index (χ0v) is 15.3. The Bertz CT molecular complexity index is 734. The van der Waals surface area contributed by atoms with Crippen molar-refractivity contribution >= 4 is 5.91 Å². The molecule has 5 heteroatoms. The molecule has 2 heterocycles. The van der Waals surface area contributed by atoms with Gasteiger partial charge in [0.2, 0.25) is 0 Å². The molecule has 1 aromatic carbocycles. The number of aryl methyl sites for hydroxylation is 2. The molecule has 5 nitrogen and oxygen atoms in total. The van der Waals surface area contributed by atoms with Gasteiger partial charge in [-0.05, 0) is 63.8 Å². The van der Waals surface area contributed by atoms with Crippen LogP contribution in [0.4, 0.5) is 0 Å². The molecule has 1 aromatic heterocycles. The summed E-state index contributed by atoms with van der Waals surface area (Å²) in [6.07, 6.45) is 2.27.